The zero-order valence-electron chi connectivity index (χ0n) is 14.3. The van der Waals surface area contributed by atoms with Gasteiger partial charge in [-0.3, -0.25) is 4.79 Å². The van der Waals surface area contributed by atoms with Crippen LogP contribution in [0.25, 0.3) is 0 Å². The van der Waals surface area contributed by atoms with Crippen LogP contribution in [0.3, 0.4) is 0 Å². The Balaban J connectivity index is 0.000000378. The number of hydrogen-bond donors (Lipinski definition) is 4. The van der Waals surface area contributed by atoms with E-state index in [2.05, 4.69) is 0 Å². The van der Waals surface area contributed by atoms with Gasteiger partial charge >= 0.3 is 11.9 Å². The van der Waals surface area contributed by atoms with E-state index in [-0.39, 0.29) is 5.56 Å². The van der Waals surface area contributed by atoms with E-state index in [1.807, 2.05) is 6.92 Å². The molecule has 2 aromatic rings. The summed E-state index contributed by atoms with van der Waals surface area (Å²) in [7, 11) is 0. The van der Waals surface area contributed by atoms with Gasteiger partial charge in [-0.2, -0.15) is 0 Å². The molecular weight excluding hydrogens is 340 g/mol. The number of aliphatic hydroxyl groups is 2. The van der Waals surface area contributed by atoms with E-state index >= 15 is 0 Å². The molecule has 0 amide bonds. The first kappa shape index (κ1) is 23.0. The van der Waals surface area contributed by atoms with Crippen molar-refractivity contribution in [2.24, 2.45) is 0 Å². The number of carboxylic acid groups (broad SMARTS) is 2. The number of hydrogen-bond acceptors (Lipinski definition) is 5. The van der Waals surface area contributed by atoms with Gasteiger partial charge in [0.05, 0.1) is 5.56 Å². The number of carboxylic acids is 2. The Labute approximate surface area is 151 Å². The van der Waals surface area contributed by atoms with Crippen LogP contribution in [0.4, 0.5) is 0 Å². The summed E-state index contributed by atoms with van der Waals surface area (Å²) in [5.41, 5.74) is 0.539. The lowest BCUT2D eigenvalue weighted by molar-refractivity contribution is -0.131. The molecule has 0 aromatic heterocycles. The Kier molecular flexibility index (Phi) is 11.7. The van der Waals surface area contributed by atoms with Gasteiger partial charge in [0.1, 0.15) is 0 Å². The van der Waals surface area contributed by atoms with Gasteiger partial charge in [-0.15, -0.1) is 0 Å². The van der Waals surface area contributed by atoms with Crippen LogP contribution >= 0.6 is 0 Å². The van der Waals surface area contributed by atoms with Gasteiger partial charge in [-0.1, -0.05) is 61.9 Å². The largest absolute Gasteiger partial charge is 0.478 e. The zero-order chi connectivity index (χ0) is 19.9. The topological polar surface area (TPSA) is 132 Å². The Morgan fingerprint density at radius 1 is 0.808 bits per heavy atom. The minimum absolute atomic E-state index is 0.208. The van der Waals surface area contributed by atoms with Crippen molar-refractivity contribution in [1.29, 1.82) is 0 Å². The summed E-state index contributed by atoms with van der Waals surface area (Å²) >= 11 is 0. The molecule has 0 aliphatic rings. The van der Waals surface area contributed by atoms with Gasteiger partial charge in [0, 0.05) is 5.56 Å². The van der Waals surface area contributed by atoms with Crippen molar-refractivity contribution in [2.45, 2.75) is 26.1 Å². The smallest absolute Gasteiger partial charge is 0.377 e. The van der Waals surface area contributed by atoms with E-state index in [9.17, 15) is 14.4 Å². The minimum atomic E-state index is -1.42. The average Bonchev–Trinajstić information content (AvgIpc) is 2.63. The first-order valence-corrected chi connectivity index (χ1v) is 7.76. The van der Waals surface area contributed by atoms with Crippen molar-refractivity contribution in [3.05, 3.63) is 71.8 Å². The molecule has 7 heteroatoms. The van der Waals surface area contributed by atoms with Crippen LogP contribution in [-0.4, -0.2) is 44.4 Å². The van der Waals surface area contributed by atoms with Gasteiger partial charge in [0.25, 0.3) is 5.78 Å². The van der Waals surface area contributed by atoms with Crippen molar-refractivity contribution < 1.29 is 34.8 Å². The lowest BCUT2D eigenvalue weighted by atomic mass is 10.1. The Morgan fingerprint density at radius 3 is 1.46 bits per heavy atom. The van der Waals surface area contributed by atoms with Gasteiger partial charge in [-0.05, 0) is 18.6 Å². The van der Waals surface area contributed by atoms with Gasteiger partial charge in [-0.25, -0.2) is 9.59 Å². The number of benzene rings is 2. The van der Waals surface area contributed by atoms with E-state index in [1.165, 1.54) is 12.1 Å². The highest BCUT2D eigenvalue weighted by atomic mass is 16.5. The third kappa shape index (κ3) is 10.7. The molecule has 0 heterocycles. The maximum Gasteiger partial charge on any atom is 0.377 e. The summed E-state index contributed by atoms with van der Waals surface area (Å²) in [5, 5.41) is 32.9. The normalized spacial score (nSPS) is 9.23. The zero-order valence-corrected chi connectivity index (χ0v) is 14.3. The molecule has 26 heavy (non-hydrogen) atoms. The maximum absolute atomic E-state index is 10.7. The maximum atomic E-state index is 10.7. The van der Waals surface area contributed by atoms with E-state index in [4.69, 9.17) is 20.4 Å². The number of aliphatic carboxylic acids is 1. The molecule has 0 aliphatic heterocycles. The molecule has 2 aromatic carbocycles. The quantitative estimate of drug-likeness (QED) is 0.365. The van der Waals surface area contributed by atoms with Gasteiger partial charge < -0.3 is 20.4 Å². The summed E-state index contributed by atoms with van der Waals surface area (Å²) in [5.74, 6) is -3.17. The van der Waals surface area contributed by atoms with Crippen LogP contribution in [0.15, 0.2) is 60.7 Å². The SMILES string of the molecule is CCCC(O)O.O=C(O)C(=O)c1ccccc1.O=C(O)c1ccccc1. The van der Waals surface area contributed by atoms with Crippen LogP contribution in [0, 0.1) is 0 Å². The number of Topliss-reactive ketones (excluding diaryl/α,β-unsaturated/α-hetero) is 1. The molecule has 140 valence electrons. The third-order valence-electron chi connectivity index (χ3n) is 2.80. The second kappa shape index (κ2) is 13.3. The summed E-state index contributed by atoms with van der Waals surface area (Å²) in [4.78, 5) is 31.1. The predicted octanol–water partition coefficient (Wildman–Crippen LogP) is 2.44. The second-order valence-corrected chi connectivity index (χ2v) is 4.94. The highest BCUT2D eigenvalue weighted by Gasteiger charge is 2.12. The van der Waals surface area contributed by atoms with Gasteiger partial charge in [0.15, 0.2) is 6.29 Å². The molecular formula is C19H22O7. The van der Waals surface area contributed by atoms with Crippen LogP contribution in [0.5, 0.6) is 0 Å². The van der Waals surface area contributed by atoms with Crippen molar-refractivity contribution in [3.8, 4) is 0 Å². The van der Waals surface area contributed by atoms with Crippen LogP contribution < -0.4 is 0 Å². The van der Waals surface area contributed by atoms with E-state index in [0.29, 0.717) is 12.0 Å². The number of rotatable bonds is 5. The number of carbonyl (C=O) groups excluding carboxylic acids is 1. The molecule has 4 N–H and O–H groups in total. The molecule has 0 saturated carbocycles. The van der Waals surface area contributed by atoms with Gasteiger partial charge in [0.2, 0.25) is 0 Å². The monoisotopic (exact) mass is 362 g/mol. The second-order valence-electron chi connectivity index (χ2n) is 4.94. The fraction of sp³-hybridized carbons (Fsp3) is 0.211. The summed E-state index contributed by atoms with van der Waals surface area (Å²) < 4.78 is 0. The first-order chi connectivity index (χ1) is 12.3. The van der Waals surface area contributed by atoms with Crippen molar-refractivity contribution in [1.82, 2.24) is 0 Å². The van der Waals surface area contributed by atoms with Crippen LogP contribution in [0.2, 0.25) is 0 Å². The fourth-order valence-corrected chi connectivity index (χ4v) is 1.55. The lowest BCUT2D eigenvalue weighted by Gasteiger charge is -1.94. The van der Waals surface area contributed by atoms with E-state index in [0.717, 1.165) is 6.42 Å². The first-order valence-electron chi connectivity index (χ1n) is 7.76. The van der Waals surface area contributed by atoms with Crippen molar-refractivity contribution in [2.75, 3.05) is 0 Å². The molecule has 0 aliphatic carbocycles. The van der Waals surface area contributed by atoms with E-state index in [1.54, 1.807) is 48.5 Å². The minimum Gasteiger partial charge on any atom is -0.478 e. The molecule has 0 radical (unpaired) electrons. The molecule has 0 bridgehead atoms. The number of aromatic carboxylic acids is 1. The average molecular weight is 362 g/mol. The summed E-state index contributed by atoms with van der Waals surface area (Å²) in [6, 6.07) is 16.2. The Bertz CT molecular complexity index is 667. The number of carbonyl (C=O) groups is 3. The molecule has 7 nitrogen and oxygen atoms in total. The highest BCUT2D eigenvalue weighted by Crippen LogP contribution is 1.99. The number of aliphatic hydroxyl groups excluding tert-OH is 1. The molecule has 0 unspecified atom stereocenters. The molecule has 0 atom stereocenters. The van der Waals surface area contributed by atoms with Crippen molar-refractivity contribution >= 4 is 17.7 Å². The molecule has 2 rings (SSSR count). The third-order valence-corrected chi connectivity index (χ3v) is 2.80. The highest BCUT2D eigenvalue weighted by molar-refractivity contribution is 6.39. The number of ketones is 1. The Morgan fingerprint density at radius 2 is 1.23 bits per heavy atom. The van der Waals surface area contributed by atoms with Crippen LogP contribution in [-0.2, 0) is 4.79 Å². The summed E-state index contributed by atoms with van der Waals surface area (Å²) in [6.07, 6.45) is 0.215. The fourth-order valence-electron chi connectivity index (χ4n) is 1.55. The van der Waals surface area contributed by atoms with E-state index < -0.39 is 24.0 Å². The molecule has 0 saturated heterocycles. The predicted molar refractivity (Wildman–Crippen MR) is 94.9 cm³/mol. The van der Waals surface area contributed by atoms with Crippen LogP contribution in [0.1, 0.15) is 40.5 Å². The Hall–Kier alpha value is -3.03. The lowest BCUT2D eigenvalue weighted by Crippen LogP contribution is -2.12. The van der Waals surface area contributed by atoms with Crippen molar-refractivity contribution in [3.63, 3.8) is 0 Å². The summed E-state index contributed by atoms with van der Waals surface area (Å²) in [6.45, 7) is 1.90. The molecule has 0 fully saturated rings. The standard InChI is InChI=1S/C8H6O3.C7H6O2.C4H10O2/c9-7(8(10)11)6-4-2-1-3-5-6;8-7(9)6-4-2-1-3-5-6;1-2-3-4(5)6/h1-5H,(H,10,11);1-5H,(H,8,9);4-6H,2-3H2,1H3. The molecule has 0 spiro atoms.